The van der Waals surface area contributed by atoms with E-state index in [0.717, 1.165) is 38.7 Å². The van der Waals surface area contributed by atoms with Crippen molar-refractivity contribution in [3.63, 3.8) is 0 Å². The second-order valence-electron chi connectivity index (χ2n) is 6.20. The summed E-state index contributed by atoms with van der Waals surface area (Å²) in [5, 5.41) is 13.0. The normalized spacial score (nSPS) is 19.8. The smallest absolute Gasteiger partial charge is 0.0897 e. The molecule has 0 spiro atoms. The molecule has 1 heterocycles. The van der Waals surface area contributed by atoms with E-state index in [4.69, 9.17) is 9.47 Å². The van der Waals surface area contributed by atoms with Crippen LogP contribution in [0.15, 0.2) is 0 Å². The molecule has 1 rings (SSSR count). The van der Waals surface area contributed by atoms with E-state index >= 15 is 0 Å². The van der Waals surface area contributed by atoms with Crippen molar-refractivity contribution in [1.29, 1.82) is 0 Å². The van der Waals surface area contributed by atoms with Crippen LogP contribution in [0.4, 0.5) is 0 Å². The monoisotopic (exact) mass is 259 g/mol. The van der Waals surface area contributed by atoms with Crippen LogP contribution in [0.2, 0.25) is 0 Å². The Balaban J connectivity index is 1.89. The molecule has 18 heavy (non-hydrogen) atoms. The third-order valence-electron chi connectivity index (χ3n) is 3.21. The highest BCUT2D eigenvalue weighted by molar-refractivity contribution is 4.83. The molecule has 1 unspecified atom stereocenters. The lowest BCUT2D eigenvalue weighted by Gasteiger charge is -2.38. The molecule has 1 atom stereocenters. The standard InChI is InChI=1S/C14H29NO3/c1-12(2)5-4-6-17-8-13(16)7-15-9-14(3)10-18-11-14/h12-13,15-16H,4-11H2,1-3H3. The molecule has 4 nitrogen and oxygen atoms in total. The minimum atomic E-state index is -0.409. The van der Waals surface area contributed by atoms with Crippen molar-refractivity contribution in [2.45, 2.75) is 39.7 Å². The van der Waals surface area contributed by atoms with E-state index in [1.165, 1.54) is 6.42 Å². The van der Waals surface area contributed by atoms with Crippen molar-refractivity contribution in [3.05, 3.63) is 0 Å². The summed E-state index contributed by atoms with van der Waals surface area (Å²) in [7, 11) is 0. The highest BCUT2D eigenvalue weighted by Crippen LogP contribution is 2.24. The van der Waals surface area contributed by atoms with Crippen LogP contribution >= 0.6 is 0 Å². The number of nitrogens with one attached hydrogen (secondary N) is 1. The molecule has 1 fully saturated rings. The average molecular weight is 259 g/mol. The first-order chi connectivity index (χ1) is 8.52. The first-order valence-corrected chi connectivity index (χ1v) is 7.06. The highest BCUT2D eigenvalue weighted by Gasteiger charge is 2.32. The van der Waals surface area contributed by atoms with Crippen molar-refractivity contribution in [1.82, 2.24) is 5.32 Å². The van der Waals surface area contributed by atoms with E-state index in [2.05, 4.69) is 26.1 Å². The third kappa shape index (κ3) is 6.69. The lowest BCUT2D eigenvalue weighted by molar-refractivity contribution is -0.1000. The Hall–Kier alpha value is -0.160. The van der Waals surface area contributed by atoms with Gasteiger partial charge in [-0.05, 0) is 18.8 Å². The van der Waals surface area contributed by atoms with Crippen LogP contribution in [0.5, 0.6) is 0 Å². The Bertz CT molecular complexity index is 217. The summed E-state index contributed by atoms with van der Waals surface area (Å²) >= 11 is 0. The number of hydrogen-bond donors (Lipinski definition) is 2. The summed E-state index contributed by atoms with van der Waals surface area (Å²) in [5.74, 6) is 0.727. The van der Waals surface area contributed by atoms with E-state index < -0.39 is 6.10 Å². The summed E-state index contributed by atoms with van der Waals surface area (Å²) in [6, 6.07) is 0. The second-order valence-corrected chi connectivity index (χ2v) is 6.20. The Kier molecular flexibility index (Phi) is 7.15. The topological polar surface area (TPSA) is 50.7 Å². The molecule has 4 heteroatoms. The van der Waals surface area contributed by atoms with Crippen LogP contribution in [0.1, 0.15) is 33.6 Å². The van der Waals surface area contributed by atoms with Gasteiger partial charge in [0, 0.05) is 25.1 Å². The molecule has 0 aliphatic carbocycles. The van der Waals surface area contributed by atoms with Crippen molar-refractivity contribution >= 4 is 0 Å². The molecule has 0 aromatic carbocycles. The number of ether oxygens (including phenoxy) is 2. The number of aliphatic hydroxyl groups excluding tert-OH is 1. The second kappa shape index (κ2) is 8.10. The summed E-state index contributed by atoms with van der Waals surface area (Å²) in [4.78, 5) is 0. The summed E-state index contributed by atoms with van der Waals surface area (Å²) < 4.78 is 10.6. The van der Waals surface area contributed by atoms with Gasteiger partial charge in [-0.15, -0.1) is 0 Å². The highest BCUT2D eigenvalue weighted by atomic mass is 16.5. The van der Waals surface area contributed by atoms with E-state index in [-0.39, 0.29) is 5.41 Å². The molecule has 108 valence electrons. The molecule has 1 saturated heterocycles. The molecule has 2 N–H and O–H groups in total. The van der Waals surface area contributed by atoms with Crippen LogP contribution in [-0.2, 0) is 9.47 Å². The van der Waals surface area contributed by atoms with E-state index in [1.807, 2.05) is 0 Å². The zero-order valence-electron chi connectivity index (χ0n) is 12.1. The molecule has 0 bridgehead atoms. The van der Waals surface area contributed by atoms with Gasteiger partial charge in [0.2, 0.25) is 0 Å². The third-order valence-corrected chi connectivity index (χ3v) is 3.21. The fourth-order valence-electron chi connectivity index (χ4n) is 1.97. The molecule has 0 saturated carbocycles. The quantitative estimate of drug-likeness (QED) is 0.583. The largest absolute Gasteiger partial charge is 0.389 e. The predicted molar refractivity (Wildman–Crippen MR) is 72.7 cm³/mol. The van der Waals surface area contributed by atoms with Gasteiger partial charge in [-0.3, -0.25) is 0 Å². The first-order valence-electron chi connectivity index (χ1n) is 7.06. The molecule has 1 aliphatic rings. The maximum absolute atomic E-state index is 9.73. The summed E-state index contributed by atoms with van der Waals surface area (Å²) in [5.41, 5.74) is 0.262. The molecule has 0 amide bonds. The molecule has 0 aromatic heterocycles. The van der Waals surface area contributed by atoms with Crippen LogP contribution in [0.3, 0.4) is 0 Å². The van der Waals surface area contributed by atoms with Gasteiger partial charge in [0.15, 0.2) is 0 Å². The number of aliphatic hydroxyl groups is 1. The molecule has 0 aromatic rings. The number of rotatable bonds is 10. The van der Waals surface area contributed by atoms with Crippen molar-refractivity contribution in [2.24, 2.45) is 11.3 Å². The Morgan fingerprint density at radius 3 is 2.67 bits per heavy atom. The van der Waals surface area contributed by atoms with Gasteiger partial charge in [0.05, 0.1) is 25.9 Å². The van der Waals surface area contributed by atoms with Gasteiger partial charge < -0.3 is 19.9 Å². The molecule has 0 radical (unpaired) electrons. The van der Waals surface area contributed by atoms with Crippen LogP contribution < -0.4 is 5.32 Å². The van der Waals surface area contributed by atoms with Gasteiger partial charge in [-0.2, -0.15) is 0 Å². The van der Waals surface area contributed by atoms with Crippen molar-refractivity contribution < 1.29 is 14.6 Å². The molecular weight excluding hydrogens is 230 g/mol. The van der Waals surface area contributed by atoms with Crippen LogP contribution in [0, 0.1) is 11.3 Å². The van der Waals surface area contributed by atoms with E-state index in [0.29, 0.717) is 13.2 Å². The first kappa shape index (κ1) is 15.9. The Morgan fingerprint density at radius 1 is 1.39 bits per heavy atom. The Morgan fingerprint density at radius 2 is 2.11 bits per heavy atom. The lowest BCUT2D eigenvalue weighted by Crippen LogP contribution is -2.48. The maximum atomic E-state index is 9.73. The minimum absolute atomic E-state index is 0.262. The van der Waals surface area contributed by atoms with Crippen molar-refractivity contribution in [3.8, 4) is 0 Å². The van der Waals surface area contributed by atoms with E-state index in [9.17, 15) is 5.11 Å². The lowest BCUT2D eigenvalue weighted by atomic mass is 9.89. The van der Waals surface area contributed by atoms with Crippen LogP contribution in [-0.4, -0.2) is 50.7 Å². The van der Waals surface area contributed by atoms with Gasteiger partial charge in [0.25, 0.3) is 0 Å². The van der Waals surface area contributed by atoms with Crippen LogP contribution in [0.25, 0.3) is 0 Å². The fraction of sp³-hybridized carbons (Fsp3) is 1.00. The van der Waals surface area contributed by atoms with Crippen molar-refractivity contribution in [2.75, 3.05) is 39.5 Å². The average Bonchev–Trinajstić information content (AvgIpc) is 2.26. The number of hydrogen-bond acceptors (Lipinski definition) is 4. The Labute approximate surface area is 111 Å². The summed E-state index contributed by atoms with van der Waals surface area (Å²) in [6.45, 7) is 10.9. The zero-order valence-corrected chi connectivity index (χ0v) is 12.1. The molecule has 1 aliphatic heterocycles. The maximum Gasteiger partial charge on any atom is 0.0897 e. The van der Waals surface area contributed by atoms with Gasteiger partial charge in [-0.25, -0.2) is 0 Å². The SMILES string of the molecule is CC(C)CCCOCC(O)CNCC1(C)COC1. The predicted octanol–water partition coefficient (Wildman–Crippen LogP) is 1.43. The molecular formula is C14H29NO3. The van der Waals surface area contributed by atoms with Gasteiger partial charge >= 0.3 is 0 Å². The minimum Gasteiger partial charge on any atom is -0.389 e. The zero-order chi connectivity index (χ0) is 13.4. The summed E-state index contributed by atoms with van der Waals surface area (Å²) in [6.07, 6.45) is 1.86. The van der Waals surface area contributed by atoms with Gasteiger partial charge in [-0.1, -0.05) is 20.8 Å². The van der Waals surface area contributed by atoms with Gasteiger partial charge in [0.1, 0.15) is 0 Å². The fourth-order valence-corrected chi connectivity index (χ4v) is 1.97. The van der Waals surface area contributed by atoms with E-state index in [1.54, 1.807) is 0 Å².